The minimum Gasteiger partial charge on any atom is -0.379 e. The molecule has 0 saturated carbocycles. The lowest BCUT2D eigenvalue weighted by Gasteiger charge is -2.27. The first-order chi connectivity index (χ1) is 14.2. The Morgan fingerprint density at radius 3 is 3.00 bits per heavy atom. The van der Waals surface area contributed by atoms with Crippen molar-refractivity contribution in [2.75, 3.05) is 45.9 Å². The van der Waals surface area contributed by atoms with Gasteiger partial charge in [-0.3, -0.25) is 14.5 Å². The zero-order valence-electron chi connectivity index (χ0n) is 16.4. The fourth-order valence-corrected chi connectivity index (χ4v) is 5.78. The Balaban J connectivity index is 1.19. The number of likely N-dealkylation sites (tertiary alicyclic amines) is 1. The van der Waals surface area contributed by atoms with Gasteiger partial charge in [-0.2, -0.15) is 0 Å². The van der Waals surface area contributed by atoms with Gasteiger partial charge < -0.3 is 19.7 Å². The topological polar surface area (TPSA) is 71.1 Å². The predicted molar refractivity (Wildman–Crippen MR) is 108 cm³/mol. The van der Waals surface area contributed by atoms with Crippen molar-refractivity contribution in [1.29, 1.82) is 0 Å². The first kappa shape index (κ1) is 19.2. The highest BCUT2D eigenvalue weighted by atomic mass is 32.1. The maximum Gasteiger partial charge on any atom is 0.230 e. The molecule has 1 aromatic rings. The molecular formula is C21H27N3O4S. The molecule has 4 aliphatic rings. The van der Waals surface area contributed by atoms with E-state index in [1.165, 1.54) is 0 Å². The van der Waals surface area contributed by atoms with Crippen LogP contribution >= 0.6 is 11.3 Å². The van der Waals surface area contributed by atoms with Gasteiger partial charge in [0.15, 0.2) is 0 Å². The summed E-state index contributed by atoms with van der Waals surface area (Å²) in [6.45, 7) is 6.17. The second kappa shape index (κ2) is 7.83. The van der Waals surface area contributed by atoms with Crippen molar-refractivity contribution in [2.45, 2.75) is 24.7 Å². The number of nitrogens with zero attached hydrogens (tertiary/aromatic N) is 2. The SMILES string of the molecule is O=C(NCCCN1CCOCC1)C1C2C=CC3(CN(Cc4cccs4)C(=O)C13)O2. The van der Waals surface area contributed by atoms with Crippen LogP contribution in [0.4, 0.5) is 0 Å². The van der Waals surface area contributed by atoms with Crippen molar-refractivity contribution < 1.29 is 19.1 Å². The molecule has 0 aromatic carbocycles. The third-order valence-electron chi connectivity index (χ3n) is 6.46. The maximum atomic E-state index is 13.2. The van der Waals surface area contributed by atoms with Gasteiger partial charge >= 0.3 is 0 Å². The van der Waals surface area contributed by atoms with Crippen LogP contribution in [0.25, 0.3) is 0 Å². The summed E-state index contributed by atoms with van der Waals surface area (Å²) in [5.74, 6) is -0.848. The number of nitrogens with one attached hydrogen (secondary N) is 1. The number of hydrogen-bond acceptors (Lipinski definition) is 6. The summed E-state index contributed by atoms with van der Waals surface area (Å²) in [5.41, 5.74) is -0.630. The Morgan fingerprint density at radius 2 is 2.21 bits per heavy atom. The number of rotatable bonds is 7. The standard InChI is InChI=1S/C21H27N3O4S/c25-19(22-6-2-7-23-8-10-27-11-9-23)17-16-4-5-21(28-16)14-24(20(26)18(17)21)13-15-3-1-12-29-15/h1,3-5,12,16-18H,2,6-11,13-14H2,(H,22,25). The van der Waals surface area contributed by atoms with E-state index in [-0.39, 0.29) is 17.9 Å². The van der Waals surface area contributed by atoms with Crippen molar-refractivity contribution in [3.63, 3.8) is 0 Å². The third kappa shape index (κ3) is 3.52. The van der Waals surface area contributed by atoms with Crippen LogP contribution in [0.15, 0.2) is 29.7 Å². The van der Waals surface area contributed by atoms with E-state index >= 15 is 0 Å². The quantitative estimate of drug-likeness (QED) is 0.527. The van der Waals surface area contributed by atoms with E-state index in [2.05, 4.69) is 10.2 Å². The molecule has 8 heteroatoms. The molecule has 3 fully saturated rings. The largest absolute Gasteiger partial charge is 0.379 e. The summed E-state index contributed by atoms with van der Waals surface area (Å²) in [6, 6.07) is 4.03. The molecular weight excluding hydrogens is 390 g/mol. The lowest BCUT2D eigenvalue weighted by molar-refractivity contribution is -0.137. The summed E-state index contributed by atoms with van der Waals surface area (Å²) < 4.78 is 11.5. The zero-order valence-corrected chi connectivity index (χ0v) is 17.2. The lowest BCUT2D eigenvalue weighted by Crippen LogP contribution is -2.45. The average Bonchev–Trinajstić information content (AvgIpc) is 3.49. The minimum absolute atomic E-state index is 0.0405. The average molecular weight is 418 g/mol. The normalized spacial score (nSPS) is 33.4. The predicted octanol–water partition coefficient (Wildman–Crippen LogP) is 0.869. The van der Waals surface area contributed by atoms with E-state index in [0.29, 0.717) is 19.6 Å². The summed E-state index contributed by atoms with van der Waals surface area (Å²) in [5, 5.41) is 5.08. The Morgan fingerprint density at radius 1 is 1.34 bits per heavy atom. The number of thiophene rings is 1. The number of ether oxygens (including phenoxy) is 2. The molecule has 4 atom stereocenters. The molecule has 1 aromatic heterocycles. The summed E-state index contributed by atoms with van der Waals surface area (Å²) >= 11 is 1.65. The van der Waals surface area contributed by atoms with Crippen LogP contribution in [0.3, 0.4) is 0 Å². The molecule has 5 rings (SSSR count). The molecule has 5 heterocycles. The van der Waals surface area contributed by atoms with E-state index in [4.69, 9.17) is 9.47 Å². The van der Waals surface area contributed by atoms with Crippen LogP contribution in [0.1, 0.15) is 11.3 Å². The number of carbonyl (C=O) groups excluding carboxylic acids is 2. The first-order valence-corrected chi connectivity index (χ1v) is 11.3. The fraction of sp³-hybridized carbons (Fsp3) is 0.619. The van der Waals surface area contributed by atoms with Gasteiger partial charge in [0.2, 0.25) is 11.8 Å². The summed E-state index contributed by atoms with van der Waals surface area (Å²) in [6.07, 6.45) is 4.59. The monoisotopic (exact) mass is 417 g/mol. The Kier molecular flexibility index (Phi) is 5.19. The van der Waals surface area contributed by atoms with E-state index in [9.17, 15) is 9.59 Å². The number of carbonyl (C=O) groups is 2. The molecule has 4 aliphatic heterocycles. The Bertz CT molecular complexity index is 792. The molecule has 29 heavy (non-hydrogen) atoms. The van der Waals surface area contributed by atoms with Gasteiger partial charge in [0, 0.05) is 24.5 Å². The van der Waals surface area contributed by atoms with E-state index in [1.54, 1.807) is 11.3 Å². The van der Waals surface area contributed by atoms with E-state index in [1.807, 2.05) is 34.6 Å². The van der Waals surface area contributed by atoms with Crippen LogP contribution in [0, 0.1) is 11.8 Å². The molecule has 7 nitrogen and oxygen atoms in total. The second-order valence-corrected chi connectivity index (χ2v) is 9.30. The van der Waals surface area contributed by atoms with Gasteiger partial charge in [0.1, 0.15) is 5.60 Å². The van der Waals surface area contributed by atoms with Crippen molar-refractivity contribution in [1.82, 2.24) is 15.1 Å². The van der Waals surface area contributed by atoms with Crippen molar-refractivity contribution in [3.05, 3.63) is 34.5 Å². The van der Waals surface area contributed by atoms with E-state index < -0.39 is 17.4 Å². The summed E-state index contributed by atoms with van der Waals surface area (Å²) in [4.78, 5) is 31.5. The van der Waals surface area contributed by atoms with Gasteiger partial charge in [0.05, 0.1) is 44.2 Å². The van der Waals surface area contributed by atoms with Crippen molar-refractivity contribution in [3.8, 4) is 0 Å². The molecule has 156 valence electrons. The smallest absolute Gasteiger partial charge is 0.230 e. The van der Waals surface area contributed by atoms with Crippen LogP contribution in [-0.4, -0.2) is 79.3 Å². The van der Waals surface area contributed by atoms with Gasteiger partial charge in [-0.1, -0.05) is 18.2 Å². The van der Waals surface area contributed by atoms with Gasteiger partial charge in [-0.15, -0.1) is 11.3 Å². The van der Waals surface area contributed by atoms with Crippen molar-refractivity contribution in [2.24, 2.45) is 11.8 Å². The number of morpholine rings is 1. The molecule has 1 N–H and O–H groups in total. The van der Waals surface area contributed by atoms with E-state index in [0.717, 1.165) is 44.1 Å². The number of fused-ring (bicyclic) bond motifs is 1. The Hall–Kier alpha value is -1.74. The highest BCUT2D eigenvalue weighted by molar-refractivity contribution is 7.09. The fourth-order valence-electron chi connectivity index (χ4n) is 5.06. The summed E-state index contributed by atoms with van der Waals surface area (Å²) in [7, 11) is 0. The number of hydrogen-bond donors (Lipinski definition) is 1. The Labute approximate surface area is 174 Å². The van der Waals surface area contributed by atoms with Crippen molar-refractivity contribution >= 4 is 23.2 Å². The molecule has 2 bridgehead atoms. The van der Waals surface area contributed by atoms with Gasteiger partial charge in [0.25, 0.3) is 0 Å². The lowest BCUT2D eigenvalue weighted by atomic mass is 9.77. The first-order valence-electron chi connectivity index (χ1n) is 10.4. The minimum atomic E-state index is -0.630. The van der Waals surface area contributed by atoms with Gasteiger partial charge in [-0.05, 0) is 24.4 Å². The second-order valence-electron chi connectivity index (χ2n) is 8.27. The number of amides is 2. The highest BCUT2D eigenvalue weighted by Crippen LogP contribution is 2.52. The molecule has 0 aliphatic carbocycles. The molecule has 0 radical (unpaired) electrons. The van der Waals surface area contributed by atoms with Crippen LogP contribution in [-0.2, 0) is 25.6 Å². The molecule has 4 unspecified atom stereocenters. The third-order valence-corrected chi connectivity index (χ3v) is 7.32. The molecule has 1 spiro atoms. The van der Waals surface area contributed by atoms with Crippen LogP contribution in [0.5, 0.6) is 0 Å². The zero-order chi connectivity index (χ0) is 19.8. The van der Waals surface area contributed by atoms with Crippen LogP contribution in [0.2, 0.25) is 0 Å². The highest BCUT2D eigenvalue weighted by Gasteiger charge is 2.66. The molecule has 3 saturated heterocycles. The molecule has 2 amide bonds. The van der Waals surface area contributed by atoms with Gasteiger partial charge in [-0.25, -0.2) is 0 Å². The van der Waals surface area contributed by atoms with Crippen LogP contribution < -0.4 is 5.32 Å². The maximum absolute atomic E-state index is 13.2.